The summed E-state index contributed by atoms with van der Waals surface area (Å²) in [6.07, 6.45) is 0. The first-order chi connectivity index (χ1) is 9.15. The van der Waals surface area contributed by atoms with Crippen molar-refractivity contribution in [3.63, 3.8) is 0 Å². The summed E-state index contributed by atoms with van der Waals surface area (Å²) < 4.78 is 5.35. The number of rotatable bonds is 4. The minimum Gasteiger partial charge on any atom is -0.496 e. The molecule has 100 valence electrons. The highest BCUT2D eigenvalue weighted by molar-refractivity contribution is 6.34. The van der Waals surface area contributed by atoms with Crippen LogP contribution in [-0.2, 0) is 0 Å². The van der Waals surface area contributed by atoms with Gasteiger partial charge in [-0.25, -0.2) is 5.43 Å². The van der Waals surface area contributed by atoms with E-state index in [0.29, 0.717) is 10.0 Å². The second kappa shape index (κ2) is 6.26. The second-order valence-corrected chi connectivity index (χ2v) is 4.92. The minimum atomic E-state index is -0.243. The first-order valence-corrected chi connectivity index (χ1v) is 6.46. The summed E-state index contributed by atoms with van der Waals surface area (Å²) in [6.45, 7) is 0. The smallest absolute Gasteiger partial charge is 0.124 e. The Morgan fingerprint density at radius 1 is 1.11 bits per heavy atom. The van der Waals surface area contributed by atoms with E-state index < -0.39 is 0 Å². The van der Waals surface area contributed by atoms with Gasteiger partial charge >= 0.3 is 0 Å². The van der Waals surface area contributed by atoms with E-state index in [9.17, 15) is 0 Å². The molecule has 0 aliphatic rings. The average molecular weight is 297 g/mol. The highest BCUT2D eigenvalue weighted by atomic mass is 35.5. The molecule has 3 nitrogen and oxygen atoms in total. The molecular weight excluding hydrogens is 283 g/mol. The summed E-state index contributed by atoms with van der Waals surface area (Å²) in [4.78, 5) is 0. The Kier molecular flexibility index (Phi) is 4.66. The molecule has 1 atom stereocenters. The average Bonchev–Trinajstić information content (AvgIpc) is 2.39. The first kappa shape index (κ1) is 14.2. The third-order valence-corrected chi connectivity index (χ3v) is 3.27. The fourth-order valence-corrected chi connectivity index (χ4v) is 2.56. The monoisotopic (exact) mass is 296 g/mol. The van der Waals surface area contributed by atoms with Crippen molar-refractivity contribution in [3.05, 3.63) is 63.6 Å². The minimum absolute atomic E-state index is 0.243. The number of hydrogen-bond acceptors (Lipinski definition) is 3. The Morgan fingerprint density at radius 3 is 2.32 bits per heavy atom. The summed E-state index contributed by atoms with van der Waals surface area (Å²) in [7, 11) is 1.62. The van der Waals surface area contributed by atoms with Crippen molar-refractivity contribution in [1.29, 1.82) is 0 Å². The summed E-state index contributed by atoms with van der Waals surface area (Å²) >= 11 is 12.1. The summed E-state index contributed by atoms with van der Waals surface area (Å²) in [6, 6.07) is 12.7. The fourth-order valence-electron chi connectivity index (χ4n) is 2.01. The van der Waals surface area contributed by atoms with Gasteiger partial charge in [-0.05, 0) is 29.8 Å². The van der Waals surface area contributed by atoms with E-state index in [1.54, 1.807) is 13.2 Å². The Labute approximate surface area is 122 Å². The van der Waals surface area contributed by atoms with Crippen LogP contribution in [0.25, 0.3) is 0 Å². The number of ether oxygens (including phenoxy) is 1. The molecule has 2 aromatic carbocycles. The molecule has 0 heterocycles. The lowest BCUT2D eigenvalue weighted by Crippen LogP contribution is -2.29. The Hall–Kier alpha value is -1.26. The van der Waals surface area contributed by atoms with E-state index in [4.69, 9.17) is 33.8 Å². The lowest BCUT2D eigenvalue weighted by atomic mass is 9.98. The maximum atomic E-state index is 6.03. The number of hydrogen-bond donors (Lipinski definition) is 2. The van der Waals surface area contributed by atoms with Crippen LogP contribution < -0.4 is 16.0 Å². The van der Waals surface area contributed by atoms with Crippen LogP contribution in [0, 0.1) is 0 Å². The van der Waals surface area contributed by atoms with Crippen molar-refractivity contribution in [2.75, 3.05) is 7.11 Å². The van der Waals surface area contributed by atoms with Crippen molar-refractivity contribution in [2.24, 2.45) is 5.84 Å². The van der Waals surface area contributed by atoms with Gasteiger partial charge in [0.15, 0.2) is 0 Å². The van der Waals surface area contributed by atoms with Crippen LogP contribution >= 0.6 is 23.2 Å². The molecule has 5 heteroatoms. The molecule has 2 aromatic rings. The molecule has 0 fully saturated rings. The molecule has 0 saturated carbocycles. The molecule has 0 amide bonds. The van der Waals surface area contributed by atoms with Gasteiger partial charge in [-0.15, -0.1) is 0 Å². The van der Waals surface area contributed by atoms with Crippen molar-refractivity contribution in [2.45, 2.75) is 6.04 Å². The molecule has 19 heavy (non-hydrogen) atoms. The highest BCUT2D eigenvalue weighted by Gasteiger charge is 2.17. The molecule has 0 spiro atoms. The molecule has 1 unspecified atom stereocenters. The van der Waals surface area contributed by atoms with Gasteiger partial charge in [0.1, 0.15) is 5.75 Å². The van der Waals surface area contributed by atoms with Crippen molar-refractivity contribution >= 4 is 23.2 Å². The molecule has 0 aliphatic carbocycles. The Bertz CT molecular complexity index is 555. The fraction of sp³-hybridized carbons (Fsp3) is 0.143. The van der Waals surface area contributed by atoms with Gasteiger partial charge in [0.25, 0.3) is 0 Å². The summed E-state index contributed by atoms with van der Waals surface area (Å²) in [5.74, 6) is 6.42. The molecule has 0 aliphatic heterocycles. The van der Waals surface area contributed by atoms with Crippen LogP contribution in [0.3, 0.4) is 0 Å². The van der Waals surface area contributed by atoms with Gasteiger partial charge in [-0.2, -0.15) is 0 Å². The van der Waals surface area contributed by atoms with Gasteiger partial charge in [0.2, 0.25) is 0 Å². The third-order valence-electron chi connectivity index (χ3n) is 2.83. The van der Waals surface area contributed by atoms with E-state index in [1.807, 2.05) is 36.4 Å². The standard InChI is InChI=1S/C14H14Cl2N2O/c1-19-13-5-3-2-4-12(13)14(18-17)9-6-10(15)8-11(16)7-9/h2-8,14,18H,17H2,1H3. The molecule has 2 rings (SSSR count). The Morgan fingerprint density at radius 2 is 1.74 bits per heavy atom. The lowest BCUT2D eigenvalue weighted by Gasteiger charge is -2.20. The number of hydrazine groups is 1. The highest BCUT2D eigenvalue weighted by Crippen LogP contribution is 2.32. The lowest BCUT2D eigenvalue weighted by molar-refractivity contribution is 0.404. The van der Waals surface area contributed by atoms with Crippen molar-refractivity contribution in [1.82, 2.24) is 5.43 Å². The van der Waals surface area contributed by atoms with Crippen LogP contribution in [0.1, 0.15) is 17.2 Å². The molecule has 3 N–H and O–H groups in total. The quantitative estimate of drug-likeness (QED) is 0.670. The zero-order valence-corrected chi connectivity index (χ0v) is 11.9. The Balaban J connectivity index is 2.49. The van der Waals surface area contributed by atoms with E-state index in [-0.39, 0.29) is 6.04 Å². The van der Waals surface area contributed by atoms with E-state index >= 15 is 0 Å². The summed E-state index contributed by atoms with van der Waals surface area (Å²) in [5, 5.41) is 1.13. The van der Waals surface area contributed by atoms with Crippen LogP contribution in [0.2, 0.25) is 10.0 Å². The molecular formula is C14H14Cl2N2O. The van der Waals surface area contributed by atoms with Gasteiger partial charge in [-0.3, -0.25) is 5.84 Å². The number of halogens is 2. The normalized spacial score (nSPS) is 12.2. The van der Waals surface area contributed by atoms with Gasteiger partial charge in [0, 0.05) is 15.6 Å². The number of nitrogens with two attached hydrogens (primary N) is 1. The topological polar surface area (TPSA) is 47.3 Å². The van der Waals surface area contributed by atoms with Crippen LogP contribution in [0.4, 0.5) is 0 Å². The number of para-hydroxylation sites is 1. The first-order valence-electron chi connectivity index (χ1n) is 5.70. The van der Waals surface area contributed by atoms with Crippen LogP contribution in [0.15, 0.2) is 42.5 Å². The molecule has 0 saturated heterocycles. The SMILES string of the molecule is COc1ccccc1C(NN)c1cc(Cl)cc(Cl)c1. The van der Waals surface area contributed by atoms with E-state index in [1.165, 1.54) is 0 Å². The predicted molar refractivity (Wildman–Crippen MR) is 78.6 cm³/mol. The number of methoxy groups -OCH3 is 1. The largest absolute Gasteiger partial charge is 0.496 e. The van der Waals surface area contributed by atoms with E-state index in [2.05, 4.69) is 5.43 Å². The van der Waals surface area contributed by atoms with Gasteiger partial charge < -0.3 is 4.74 Å². The van der Waals surface area contributed by atoms with Crippen LogP contribution in [0.5, 0.6) is 5.75 Å². The number of benzene rings is 2. The maximum absolute atomic E-state index is 6.03. The van der Waals surface area contributed by atoms with E-state index in [0.717, 1.165) is 16.9 Å². The predicted octanol–water partition coefficient (Wildman–Crippen LogP) is 3.55. The third kappa shape index (κ3) is 3.19. The number of nitrogens with one attached hydrogen (secondary N) is 1. The zero-order valence-electron chi connectivity index (χ0n) is 10.4. The molecule has 0 radical (unpaired) electrons. The van der Waals surface area contributed by atoms with Crippen molar-refractivity contribution in [3.8, 4) is 5.75 Å². The van der Waals surface area contributed by atoms with Gasteiger partial charge in [-0.1, -0.05) is 41.4 Å². The maximum Gasteiger partial charge on any atom is 0.124 e. The summed E-state index contributed by atoms with van der Waals surface area (Å²) in [5.41, 5.74) is 4.57. The van der Waals surface area contributed by atoms with Crippen LogP contribution in [-0.4, -0.2) is 7.11 Å². The molecule has 0 bridgehead atoms. The molecule has 0 aromatic heterocycles. The zero-order chi connectivity index (χ0) is 13.8. The second-order valence-electron chi connectivity index (χ2n) is 4.04. The van der Waals surface area contributed by atoms with Crippen molar-refractivity contribution < 1.29 is 4.74 Å². The van der Waals surface area contributed by atoms with Gasteiger partial charge in [0.05, 0.1) is 13.2 Å².